The molecule has 0 bridgehead atoms. The molecule has 0 heterocycles. The fourth-order valence-electron chi connectivity index (χ4n) is 2.77. The van der Waals surface area contributed by atoms with Crippen LogP contribution in [0, 0.1) is 0 Å². The second kappa shape index (κ2) is 7.25. The summed E-state index contributed by atoms with van der Waals surface area (Å²) in [5, 5.41) is 0. The monoisotopic (exact) mass is 376 g/mol. The first-order valence-electron chi connectivity index (χ1n) is 6.36. The van der Waals surface area contributed by atoms with Crippen LogP contribution in [-0.4, -0.2) is 7.42 Å². The molecule has 0 aromatic carbocycles. The maximum atomic E-state index is 4.77. The molecule has 0 amide bonds. The van der Waals surface area contributed by atoms with Gasteiger partial charge in [0.15, 0.2) is 0 Å². The number of halogens is 2. The van der Waals surface area contributed by atoms with Crippen LogP contribution in [0.4, 0.5) is 0 Å². The van der Waals surface area contributed by atoms with Crippen molar-refractivity contribution < 1.29 is 19.3 Å². The quantitative estimate of drug-likeness (QED) is 0.627. The van der Waals surface area contributed by atoms with Crippen LogP contribution in [0.2, 0.25) is 0 Å². The van der Waals surface area contributed by atoms with Gasteiger partial charge in [-0.15, -0.1) is 24.8 Å². The summed E-state index contributed by atoms with van der Waals surface area (Å²) in [4.78, 5) is 0. The first-order valence-corrected chi connectivity index (χ1v) is 11.8. The van der Waals surface area contributed by atoms with Crippen LogP contribution in [-0.2, 0) is 19.3 Å². The number of hydrogen-bond donors (Lipinski definition) is 0. The van der Waals surface area contributed by atoms with Crippen molar-refractivity contribution >= 4 is 32.2 Å². The van der Waals surface area contributed by atoms with Crippen LogP contribution in [0.3, 0.4) is 0 Å². The summed E-state index contributed by atoms with van der Waals surface area (Å²) in [6, 6.07) is 0. The van der Waals surface area contributed by atoms with E-state index >= 15 is 0 Å². The zero-order chi connectivity index (χ0) is 12.6. The van der Waals surface area contributed by atoms with E-state index in [1.165, 1.54) is 11.1 Å². The molecule has 19 heavy (non-hydrogen) atoms. The third-order valence-electron chi connectivity index (χ3n) is 4.04. The van der Waals surface area contributed by atoms with E-state index in [4.69, 9.17) is 4.21 Å². The number of hydrogen-bond acceptors (Lipinski definition) is 0. The van der Waals surface area contributed by atoms with Gasteiger partial charge in [-0.25, -0.2) is 0 Å². The average Bonchev–Trinajstić information content (AvgIpc) is 2.86. The van der Waals surface area contributed by atoms with Gasteiger partial charge in [0.1, 0.15) is 0 Å². The predicted molar refractivity (Wildman–Crippen MR) is 90.9 cm³/mol. The Morgan fingerprint density at radius 1 is 0.947 bits per heavy atom. The van der Waals surface area contributed by atoms with Crippen molar-refractivity contribution in [1.29, 1.82) is 0 Å². The topological polar surface area (TPSA) is 0 Å². The molecular weight excluding hydrogens is 354 g/mol. The van der Waals surface area contributed by atoms with Crippen molar-refractivity contribution in [3.05, 3.63) is 42.0 Å². The summed E-state index contributed by atoms with van der Waals surface area (Å²) in [5.41, 5.74) is 2.85. The molecule has 0 spiro atoms. The van der Waals surface area contributed by atoms with Gasteiger partial charge in [-0.2, -0.15) is 0 Å². The van der Waals surface area contributed by atoms with Gasteiger partial charge in [0, 0.05) is 0 Å². The van der Waals surface area contributed by atoms with Gasteiger partial charge in [-0.1, -0.05) is 0 Å². The Bertz CT molecular complexity index is 546. The molecule has 2 rings (SSSR count). The molecule has 0 fully saturated rings. The fourth-order valence-corrected chi connectivity index (χ4v) is 11.5. The van der Waals surface area contributed by atoms with Crippen molar-refractivity contribution in [2.24, 2.45) is 0 Å². The molecule has 0 unspecified atom stereocenters. The van der Waals surface area contributed by atoms with E-state index in [2.05, 4.69) is 52.0 Å². The molecule has 2 aliphatic carbocycles. The molecule has 0 N–H and O–H groups in total. The van der Waals surface area contributed by atoms with E-state index in [0.717, 1.165) is 12.8 Å². The molecule has 0 nitrogen and oxygen atoms in total. The molecule has 0 saturated heterocycles. The van der Waals surface area contributed by atoms with Crippen LogP contribution in [0.5, 0.6) is 0 Å². The Morgan fingerprint density at radius 2 is 1.32 bits per heavy atom. The Kier molecular flexibility index (Phi) is 7.31. The molecule has 0 atom stereocenters. The van der Waals surface area contributed by atoms with E-state index in [9.17, 15) is 0 Å². The summed E-state index contributed by atoms with van der Waals surface area (Å²) in [6.07, 6.45) is 11.8. The Hall–Kier alpha value is 0.163. The van der Waals surface area contributed by atoms with Gasteiger partial charge in [-0.05, 0) is 0 Å². The van der Waals surface area contributed by atoms with Crippen molar-refractivity contribution in [3.8, 4) is 0 Å². The van der Waals surface area contributed by atoms with E-state index < -0.39 is 19.3 Å². The minimum absolute atomic E-state index is 0. The van der Waals surface area contributed by atoms with Crippen molar-refractivity contribution in [2.45, 2.75) is 40.5 Å². The summed E-state index contributed by atoms with van der Waals surface area (Å²) in [7, 11) is 0. The second-order valence-electron chi connectivity index (χ2n) is 5.55. The molecule has 0 saturated carbocycles. The predicted octanol–water partition coefficient (Wildman–Crippen LogP) is 5.10. The minimum atomic E-state index is -2.61. The van der Waals surface area contributed by atoms with Gasteiger partial charge in [0.2, 0.25) is 0 Å². The molecule has 0 radical (unpaired) electrons. The summed E-state index contributed by atoms with van der Waals surface area (Å²) < 4.78 is 9.69. The van der Waals surface area contributed by atoms with Crippen LogP contribution in [0.25, 0.3) is 0 Å². The van der Waals surface area contributed by atoms with Crippen LogP contribution in [0.1, 0.15) is 40.5 Å². The Morgan fingerprint density at radius 3 is 1.53 bits per heavy atom. The van der Waals surface area contributed by atoms with Crippen molar-refractivity contribution in [2.75, 3.05) is 0 Å². The molecule has 2 aliphatic rings. The first-order chi connectivity index (χ1) is 7.94. The molecule has 0 aromatic rings. The summed E-state index contributed by atoms with van der Waals surface area (Å²) >= 11 is -2.61. The third kappa shape index (κ3) is 3.63. The zero-order valence-corrected chi connectivity index (χ0v) is 16.3. The zero-order valence-electron chi connectivity index (χ0n) is 12.2. The normalized spacial score (nSPS) is 16.8. The average molecular weight is 378 g/mol. The number of allylic oxidation sites excluding steroid dienone is 8. The molecule has 106 valence electrons. The molecule has 3 heteroatoms. The molecule has 0 aliphatic heterocycles. The first kappa shape index (κ1) is 19.2. The van der Waals surface area contributed by atoms with Crippen molar-refractivity contribution in [3.63, 3.8) is 0 Å². The van der Waals surface area contributed by atoms with E-state index in [1.54, 1.807) is 9.77 Å². The molecule has 0 aromatic heterocycles. The van der Waals surface area contributed by atoms with Crippen LogP contribution in [0.15, 0.2) is 42.0 Å². The summed E-state index contributed by atoms with van der Waals surface area (Å²) in [5.74, 6) is 0. The maximum absolute atomic E-state index is 4.77. The van der Waals surface area contributed by atoms with Crippen molar-refractivity contribution in [1.82, 2.24) is 0 Å². The Labute approximate surface area is 133 Å². The fraction of sp³-hybridized carbons (Fsp3) is 0.375. The Balaban J connectivity index is 0.00000162. The van der Waals surface area contributed by atoms with Gasteiger partial charge in [0.05, 0.1) is 0 Å². The van der Waals surface area contributed by atoms with Gasteiger partial charge >= 0.3 is 109 Å². The SMILES string of the molecule is Cl.Cl.[CH2]=[Zr]([C]1=CC(C)=CC1)([C]1=CC(C)=CC1)=[C](C)C. The standard InChI is InChI=1S/2C6H7.C3H6.CH2.2ClH.Zr/c2*1-6-4-2-3-5-6;1-3-2;;;;/h2*4-5H,2H2,1H3;1-2H3;1H2;2*1H;. The molecular formula is C16H24Cl2Zr. The van der Waals surface area contributed by atoms with E-state index in [-0.39, 0.29) is 24.8 Å². The summed E-state index contributed by atoms with van der Waals surface area (Å²) in [6.45, 7) is 9.01. The van der Waals surface area contributed by atoms with Gasteiger partial charge in [0.25, 0.3) is 0 Å². The van der Waals surface area contributed by atoms with Gasteiger partial charge < -0.3 is 0 Å². The number of rotatable bonds is 2. The second-order valence-corrected chi connectivity index (χ2v) is 15.6. The van der Waals surface area contributed by atoms with Gasteiger partial charge in [-0.3, -0.25) is 0 Å². The van der Waals surface area contributed by atoms with Crippen LogP contribution < -0.4 is 0 Å². The van der Waals surface area contributed by atoms with Crippen LogP contribution >= 0.6 is 24.8 Å². The van der Waals surface area contributed by atoms with E-state index in [0.29, 0.717) is 0 Å². The third-order valence-corrected chi connectivity index (χ3v) is 15.3. The van der Waals surface area contributed by atoms with E-state index in [1.807, 2.05) is 0 Å².